The molecule has 108 valence electrons. The zero-order chi connectivity index (χ0) is 14.1. The van der Waals surface area contributed by atoms with Crippen LogP contribution in [0.2, 0.25) is 0 Å². The largest absolute Gasteiger partial charge is 0.494 e. The molecular formula is C15H26N2O2. The van der Waals surface area contributed by atoms with E-state index in [0.717, 1.165) is 37.2 Å². The van der Waals surface area contributed by atoms with Crippen molar-refractivity contribution in [2.75, 3.05) is 30.8 Å². The van der Waals surface area contributed by atoms with Gasteiger partial charge in [-0.05, 0) is 19.8 Å². The van der Waals surface area contributed by atoms with Crippen LogP contribution >= 0.6 is 0 Å². The Hall–Kier alpha value is -1.58. The summed E-state index contributed by atoms with van der Waals surface area (Å²) in [6.45, 7) is 8.40. The number of nitrogen functional groups attached to an aromatic ring is 1. The third-order valence-corrected chi connectivity index (χ3v) is 2.73. The smallest absolute Gasteiger partial charge is 0.147 e. The molecule has 0 saturated heterocycles. The molecule has 0 atom stereocenters. The summed E-state index contributed by atoms with van der Waals surface area (Å²) < 4.78 is 11.2. The van der Waals surface area contributed by atoms with Gasteiger partial charge in [0.2, 0.25) is 0 Å². The predicted molar refractivity (Wildman–Crippen MR) is 81.2 cm³/mol. The minimum atomic E-state index is 0.630. The van der Waals surface area contributed by atoms with Gasteiger partial charge < -0.3 is 20.5 Å². The van der Waals surface area contributed by atoms with Gasteiger partial charge in [-0.3, -0.25) is 0 Å². The van der Waals surface area contributed by atoms with E-state index in [0.29, 0.717) is 24.7 Å². The van der Waals surface area contributed by atoms with Crippen molar-refractivity contribution in [3.63, 3.8) is 0 Å². The molecule has 19 heavy (non-hydrogen) atoms. The molecule has 0 aliphatic rings. The van der Waals surface area contributed by atoms with E-state index in [-0.39, 0.29) is 0 Å². The lowest BCUT2D eigenvalue weighted by molar-refractivity contribution is 0.310. The minimum Gasteiger partial charge on any atom is -0.494 e. The van der Waals surface area contributed by atoms with Gasteiger partial charge in [0.05, 0.1) is 24.6 Å². The van der Waals surface area contributed by atoms with Gasteiger partial charge in [-0.25, -0.2) is 0 Å². The molecule has 0 heterocycles. The zero-order valence-corrected chi connectivity index (χ0v) is 12.3. The van der Waals surface area contributed by atoms with Crippen LogP contribution < -0.4 is 20.5 Å². The van der Waals surface area contributed by atoms with E-state index < -0.39 is 0 Å². The van der Waals surface area contributed by atoms with Crippen LogP contribution in [0, 0.1) is 0 Å². The van der Waals surface area contributed by atoms with Crippen molar-refractivity contribution in [2.24, 2.45) is 0 Å². The fourth-order valence-electron chi connectivity index (χ4n) is 1.73. The van der Waals surface area contributed by atoms with Gasteiger partial charge in [0, 0.05) is 18.7 Å². The van der Waals surface area contributed by atoms with Crippen LogP contribution in [0.1, 0.15) is 40.0 Å². The Balaban J connectivity index is 2.88. The average Bonchev–Trinajstić information content (AvgIpc) is 2.41. The highest BCUT2D eigenvalue weighted by molar-refractivity contribution is 5.75. The number of rotatable bonds is 9. The topological polar surface area (TPSA) is 56.5 Å². The van der Waals surface area contributed by atoms with Gasteiger partial charge >= 0.3 is 0 Å². The van der Waals surface area contributed by atoms with Crippen LogP contribution in [0.3, 0.4) is 0 Å². The maximum absolute atomic E-state index is 6.13. The molecule has 0 radical (unpaired) electrons. The Bertz CT molecular complexity index is 381. The Labute approximate surface area is 116 Å². The Morgan fingerprint density at radius 3 is 2.53 bits per heavy atom. The molecule has 0 bridgehead atoms. The summed E-state index contributed by atoms with van der Waals surface area (Å²) in [6.07, 6.45) is 3.22. The molecular weight excluding hydrogens is 240 g/mol. The summed E-state index contributed by atoms with van der Waals surface area (Å²) in [5, 5.41) is 3.34. The maximum atomic E-state index is 6.13. The summed E-state index contributed by atoms with van der Waals surface area (Å²) in [6, 6.07) is 3.80. The van der Waals surface area contributed by atoms with Crippen LogP contribution in [0.25, 0.3) is 0 Å². The number of nitrogens with one attached hydrogen (secondary N) is 1. The van der Waals surface area contributed by atoms with Crippen molar-refractivity contribution in [3.05, 3.63) is 12.1 Å². The molecule has 4 nitrogen and oxygen atoms in total. The van der Waals surface area contributed by atoms with Crippen molar-refractivity contribution in [3.8, 4) is 11.5 Å². The molecule has 0 saturated carbocycles. The van der Waals surface area contributed by atoms with Gasteiger partial charge in [0.1, 0.15) is 11.5 Å². The van der Waals surface area contributed by atoms with Crippen molar-refractivity contribution >= 4 is 11.4 Å². The van der Waals surface area contributed by atoms with Crippen molar-refractivity contribution in [1.82, 2.24) is 0 Å². The van der Waals surface area contributed by atoms with Crippen molar-refractivity contribution in [1.29, 1.82) is 0 Å². The molecule has 0 spiro atoms. The molecule has 1 aromatic rings. The minimum absolute atomic E-state index is 0.630. The van der Waals surface area contributed by atoms with E-state index in [1.807, 2.05) is 19.1 Å². The quantitative estimate of drug-likeness (QED) is 0.529. The summed E-state index contributed by atoms with van der Waals surface area (Å²) in [7, 11) is 0. The summed E-state index contributed by atoms with van der Waals surface area (Å²) >= 11 is 0. The SMILES string of the molecule is CCCCNc1cc(OCC)cc(OCCC)c1N. The molecule has 4 heteroatoms. The third-order valence-electron chi connectivity index (χ3n) is 2.73. The van der Waals surface area contributed by atoms with Crippen LogP contribution in [0.5, 0.6) is 11.5 Å². The lowest BCUT2D eigenvalue weighted by Crippen LogP contribution is -2.07. The highest BCUT2D eigenvalue weighted by Crippen LogP contribution is 2.35. The second-order valence-corrected chi connectivity index (χ2v) is 4.44. The Morgan fingerprint density at radius 2 is 1.89 bits per heavy atom. The third kappa shape index (κ3) is 4.89. The molecule has 0 fully saturated rings. The first kappa shape index (κ1) is 15.5. The van der Waals surface area contributed by atoms with E-state index in [1.54, 1.807) is 0 Å². The number of benzene rings is 1. The second kappa shape index (κ2) is 8.51. The standard InChI is InChI=1S/C15H26N2O2/c1-4-7-8-17-13-10-12(18-6-3)11-14(15(13)16)19-9-5-2/h10-11,17H,4-9,16H2,1-3H3. The van der Waals surface area contributed by atoms with Crippen LogP contribution in [0.15, 0.2) is 12.1 Å². The summed E-state index contributed by atoms with van der Waals surface area (Å²) in [5.74, 6) is 1.49. The molecule has 0 aliphatic carbocycles. The number of hydrogen-bond donors (Lipinski definition) is 2. The normalized spacial score (nSPS) is 10.3. The van der Waals surface area contributed by atoms with E-state index in [1.165, 1.54) is 0 Å². The number of unbranched alkanes of at least 4 members (excludes halogenated alkanes) is 1. The second-order valence-electron chi connectivity index (χ2n) is 4.44. The van der Waals surface area contributed by atoms with Crippen molar-refractivity contribution < 1.29 is 9.47 Å². The predicted octanol–water partition coefficient (Wildman–Crippen LogP) is 3.67. The average molecular weight is 266 g/mol. The maximum Gasteiger partial charge on any atom is 0.147 e. The van der Waals surface area contributed by atoms with E-state index >= 15 is 0 Å². The fourth-order valence-corrected chi connectivity index (χ4v) is 1.73. The first-order valence-electron chi connectivity index (χ1n) is 7.15. The molecule has 1 rings (SSSR count). The van der Waals surface area contributed by atoms with Gasteiger partial charge in [-0.15, -0.1) is 0 Å². The zero-order valence-electron chi connectivity index (χ0n) is 12.3. The van der Waals surface area contributed by atoms with Crippen LogP contribution in [0.4, 0.5) is 11.4 Å². The summed E-state index contributed by atoms with van der Waals surface area (Å²) in [5.41, 5.74) is 7.68. The lowest BCUT2D eigenvalue weighted by atomic mass is 10.2. The number of hydrogen-bond acceptors (Lipinski definition) is 4. The van der Waals surface area contributed by atoms with Gasteiger partial charge in [0.25, 0.3) is 0 Å². The van der Waals surface area contributed by atoms with Crippen LogP contribution in [-0.2, 0) is 0 Å². The Kier molecular flexibility index (Phi) is 6.93. The number of nitrogens with two attached hydrogens (primary N) is 1. The molecule has 0 amide bonds. The summed E-state index contributed by atoms with van der Waals surface area (Å²) in [4.78, 5) is 0. The van der Waals surface area contributed by atoms with Crippen LogP contribution in [-0.4, -0.2) is 19.8 Å². The van der Waals surface area contributed by atoms with E-state index in [2.05, 4.69) is 19.2 Å². The molecule has 1 aromatic carbocycles. The van der Waals surface area contributed by atoms with Gasteiger partial charge in [0.15, 0.2) is 0 Å². The number of ether oxygens (including phenoxy) is 2. The first-order chi connectivity index (χ1) is 9.22. The fraction of sp³-hybridized carbons (Fsp3) is 0.600. The Morgan fingerprint density at radius 1 is 1.11 bits per heavy atom. The first-order valence-corrected chi connectivity index (χ1v) is 7.15. The van der Waals surface area contributed by atoms with Gasteiger partial charge in [-0.1, -0.05) is 20.3 Å². The molecule has 0 aromatic heterocycles. The highest BCUT2D eigenvalue weighted by atomic mass is 16.5. The van der Waals surface area contributed by atoms with Crippen molar-refractivity contribution in [2.45, 2.75) is 40.0 Å². The monoisotopic (exact) mass is 266 g/mol. The number of anilines is 2. The highest BCUT2D eigenvalue weighted by Gasteiger charge is 2.10. The van der Waals surface area contributed by atoms with E-state index in [4.69, 9.17) is 15.2 Å². The molecule has 0 aliphatic heterocycles. The lowest BCUT2D eigenvalue weighted by Gasteiger charge is -2.16. The molecule has 0 unspecified atom stereocenters. The van der Waals surface area contributed by atoms with Gasteiger partial charge in [-0.2, -0.15) is 0 Å². The van der Waals surface area contributed by atoms with E-state index in [9.17, 15) is 0 Å². The molecule has 3 N–H and O–H groups in total.